The molecule has 1 heterocycles. The van der Waals surface area contributed by atoms with Crippen molar-refractivity contribution >= 4 is 11.6 Å². The van der Waals surface area contributed by atoms with Gasteiger partial charge in [-0.2, -0.15) is 13.2 Å². The minimum absolute atomic E-state index is 0.426. The maximum Gasteiger partial charge on any atom is 0.389 e. The monoisotopic (exact) mass is 250 g/mol. The quantitative estimate of drug-likeness (QED) is 0.588. The van der Waals surface area contributed by atoms with Gasteiger partial charge in [-0.25, -0.2) is 9.55 Å². The predicted octanol–water partition coefficient (Wildman–Crippen LogP) is 1.70. The van der Waals surface area contributed by atoms with Crippen molar-refractivity contribution in [3.8, 4) is 0 Å². The van der Waals surface area contributed by atoms with Crippen LogP contribution in [0, 0.1) is 10.1 Å². The fourth-order valence-corrected chi connectivity index (χ4v) is 1.14. The van der Waals surface area contributed by atoms with Crippen molar-refractivity contribution in [1.82, 2.24) is 9.55 Å². The van der Waals surface area contributed by atoms with Crippen LogP contribution in [-0.4, -0.2) is 26.4 Å². The number of carbonyl (C=O) groups is 1. The number of alkyl halides is 3. The molecular weight excluding hydrogens is 242 g/mol. The van der Waals surface area contributed by atoms with E-state index in [-0.39, 0.29) is 0 Å². The van der Waals surface area contributed by atoms with Gasteiger partial charge in [0.2, 0.25) is 0 Å². The summed E-state index contributed by atoms with van der Waals surface area (Å²) in [5.41, 5.74) is 0. The Hall–Kier alpha value is -1.93. The summed E-state index contributed by atoms with van der Waals surface area (Å²) < 4.78 is 36.4. The van der Waals surface area contributed by atoms with Crippen LogP contribution in [0.5, 0.6) is 0 Å². The number of carbonyl (C=O) groups excluding carboxylic acids is 1. The van der Waals surface area contributed by atoms with Gasteiger partial charge in [-0.1, -0.05) is 0 Å². The lowest BCUT2D eigenvalue weighted by Crippen LogP contribution is -2.15. The maximum absolute atomic E-state index is 11.8. The highest BCUT2D eigenvalue weighted by Crippen LogP contribution is 2.21. The smallest absolute Gasteiger partial charge is 0.358 e. The highest BCUT2D eigenvalue weighted by Gasteiger charge is 2.28. The van der Waals surface area contributed by atoms with Crippen LogP contribution in [0.4, 0.5) is 19.0 Å². The molecule has 0 aliphatic carbocycles. The molecule has 1 rings (SSSR count). The molecule has 94 valence electrons. The van der Waals surface area contributed by atoms with Crippen molar-refractivity contribution in [2.24, 2.45) is 0 Å². The first-order chi connectivity index (χ1) is 7.79. The van der Waals surface area contributed by atoms with Gasteiger partial charge in [0.1, 0.15) is 6.20 Å². The summed E-state index contributed by atoms with van der Waals surface area (Å²) in [6, 6.07) is 0. The van der Waals surface area contributed by atoms with Crippen molar-refractivity contribution in [1.29, 1.82) is 0 Å². The summed E-state index contributed by atoms with van der Waals surface area (Å²) in [4.78, 5) is 24.3. The molecule has 9 heteroatoms. The Balaban J connectivity index is 2.57. The molecule has 0 saturated heterocycles. The molecule has 0 bridgehead atoms. The molecule has 0 spiro atoms. The Morgan fingerprint density at radius 2 is 2.18 bits per heavy atom. The average molecular weight is 250 g/mol. The van der Waals surface area contributed by atoms with Crippen LogP contribution in [0.2, 0.25) is 0 Å². The van der Waals surface area contributed by atoms with Crippen molar-refractivity contribution in [2.75, 3.05) is 0 Å². The first-order valence-electron chi connectivity index (χ1n) is 4.52. The molecule has 0 aliphatic heterocycles. The first-order valence-corrected chi connectivity index (χ1v) is 4.52. The molecular formula is C8H8F3N3O3. The molecule has 1 aromatic heterocycles. The van der Waals surface area contributed by atoms with Crippen LogP contribution in [0.15, 0.2) is 12.5 Å². The number of aromatic nitrogens is 2. The fraction of sp³-hybridized carbons (Fsp3) is 0.500. The molecule has 0 unspecified atom stereocenters. The van der Waals surface area contributed by atoms with Gasteiger partial charge in [0.05, 0.1) is 6.42 Å². The van der Waals surface area contributed by atoms with Crippen LogP contribution in [0.3, 0.4) is 0 Å². The Morgan fingerprint density at radius 3 is 2.71 bits per heavy atom. The summed E-state index contributed by atoms with van der Waals surface area (Å²) in [5, 5.41) is 10.4. The zero-order chi connectivity index (χ0) is 13.1. The van der Waals surface area contributed by atoms with Gasteiger partial charge < -0.3 is 10.1 Å². The van der Waals surface area contributed by atoms with E-state index in [0.717, 1.165) is 17.1 Å². The van der Waals surface area contributed by atoms with E-state index < -0.39 is 42.1 Å². The molecule has 0 saturated carbocycles. The molecule has 0 aliphatic rings. The molecule has 0 amide bonds. The normalized spacial score (nSPS) is 11.5. The number of halogens is 3. The van der Waals surface area contributed by atoms with Gasteiger partial charge in [0.25, 0.3) is 0 Å². The highest BCUT2D eigenvalue weighted by atomic mass is 19.3. The van der Waals surface area contributed by atoms with Crippen LogP contribution in [0.25, 0.3) is 0 Å². The van der Waals surface area contributed by atoms with E-state index in [9.17, 15) is 28.1 Å². The molecule has 0 radical (unpaired) electrons. The lowest BCUT2D eigenvalue weighted by atomic mass is 10.2. The number of nitrogens with zero attached hydrogens (tertiary/aromatic N) is 3. The second-order valence-electron chi connectivity index (χ2n) is 3.29. The fourth-order valence-electron chi connectivity index (χ4n) is 1.14. The third-order valence-electron chi connectivity index (χ3n) is 1.91. The second-order valence-corrected chi connectivity index (χ2v) is 3.29. The minimum Gasteiger partial charge on any atom is -0.358 e. The third-order valence-corrected chi connectivity index (χ3v) is 1.91. The Bertz CT molecular complexity index is 427. The van der Waals surface area contributed by atoms with E-state index in [1.807, 2.05) is 0 Å². The Morgan fingerprint density at radius 1 is 1.53 bits per heavy atom. The highest BCUT2D eigenvalue weighted by molar-refractivity contribution is 5.78. The lowest BCUT2D eigenvalue weighted by Gasteiger charge is -2.04. The number of hydrogen-bond donors (Lipinski definition) is 0. The van der Waals surface area contributed by atoms with E-state index >= 15 is 0 Å². The van der Waals surface area contributed by atoms with E-state index in [2.05, 4.69) is 4.98 Å². The van der Waals surface area contributed by atoms with E-state index in [0.29, 0.717) is 0 Å². The number of Topliss-reactive ketones (excluding diaryl/α,β-unsaturated/α-hetero) is 1. The molecule has 0 atom stereocenters. The summed E-state index contributed by atoms with van der Waals surface area (Å²) in [6.45, 7) is -0.480. The van der Waals surface area contributed by atoms with Crippen molar-refractivity contribution in [3.05, 3.63) is 22.6 Å². The molecule has 1 aromatic rings. The van der Waals surface area contributed by atoms with Gasteiger partial charge >= 0.3 is 12.0 Å². The number of rotatable bonds is 5. The standard InChI is InChI=1S/C8H8F3N3O3/c9-8(10,11)2-1-6(15)4-13-5-12-3-7(13)14(16)17/h3,5H,1-2,4H2/i9-1. The SMILES string of the molecule is O=C(CCC(F)(F)[18F])Cn1cncc1[N+](=O)[O-]. The summed E-state index contributed by atoms with van der Waals surface area (Å²) in [5.74, 6) is -1.16. The van der Waals surface area contributed by atoms with Crippen molar-refractivity contribution < 1.29 is 22.9 Å². The Kier molecular flexibility index (Phi) is 3.81. The van der Waals surface area contributed by atoms with Gasteiger partial charge in [-0.3, -0.25) is 4.79 Å². The van der Waals surface area contributed by atoms with Crippen LogP contribution in [0.1, 0.15) is 12.8 Å². The molecule has 0 N–H and O–H groups in total. The lowest BCUT2D eigenvalue weighted by molar-refractivity contribution is -0.392. The molecule has 6 nitrogen and oxygen atoms in total. The van der Waals surface area contributed by atoms with Crippen LogP contribution >= 0.6 is 0 Å². The first kappa shape index (κ1) is 13.1. The van der Waals surface area contributed by atoms with E-state index in [4.69, 9.17) is 0 Å². The molecule has 0 aromatic carbocycles. The largest absolute Gasteiger partial charge is 0.389 e. The van der Waals surface area contributed by atoms with Crippen LogP contribution < -0.4 is 0 Å². The number of hydrogen-bond acceptors (Lipinski definition) is 4. The van der Waals surface area contributed by atoms with Gasteiger partial charge in [0.15, 0.2) is 18.7 Å². The maximum atomic E-state index is 11.8. The van der Waals surface area contributed by atoms with E-state index in [1.54, 1.807) is 0 Å². The minimum atomic E-state index is -4.41. The van der Waals surface area contributed by atoms with Crippen LogP contribution in [-0.2, 0) is 11.3 Å². The summed E-state index contributed by atoms with van der Waals surface area (Å²) >= 11 is 0. The number of ketones is 1. The molecule has 17 heavy (non-hydrogen) atoms. The topological polar surface area (TPSA) is 78.0 Å². The zero-order valence-electron chi connectivity index (χ0n) is 8.48. The zero-order valence-corrected chi connectivity index (χ0v) is 8.48. The van der Waals surface area contributed by atoms with Crippen molar-refractivity contribution in [2.45, 2.75) is 25.6 Å². The van der Waals surface area contributed by atoms with Gasteiger partial charge in [0, 0.05) is 6.42 Å². The third kappa shape index (κ3) is 4.21. The summed E-state index contributed by atoms with van der Waals surface area (Å²) in [7, 11) is 0. The van der Waals surface area contributed by atoms with Gasteiger partial charge in [-0.05, 0) is 4.92 Å². The Labute approximate surface area is 93.2 Å². The predicted molar refractivity (Wildman–Crippen MR) is 49.2 cm³/mol. The van der Waals surface area contributed by atoms with E-state index in [1.165, 1.54) is 0 Å². The second kappa shape index (κ2) is 4.93. The number of nitro groups is 1. The summed E-state index contributed by atoms with van der Waals surface area (Å²) in [6.07, 6.45) is -4.37. The molecule has 0 fully saturated rings. The number of imidazole rings is 1. The van der Waals surface area contributed by atoms with Crippen molar-refractivity contribution in [3.63, 3.8) is 0 Å². The van der Waals surface area contributed by atoms with Gasteiger partial charge in [-0.15, -0.1) is 0 Å². The average Bonchev–Trinajstić information content (AvgIpc) is 2.62.